The summed E-state index contributed by atoms with van der Waals surface area (Å²) in [5.41, 5.74) is 1.15. The second-order valence-electron chi connectivity index (χ2n) is 7.76. The molecule has 154 valence electrons. The highest BCUT2D eigenvalue weighted by Gasteiger charge is 2.26. The van der Waals surface area contributed by atoms with Crippen LogP contribution in [0.2, 0.25) is 0 Å². The number of piperidine rings is 1. The van der Waals surface area contributed by atoms with Gasteiger partial charge in [0.2, 0.25) is 11.9 Å². The molecule has 1 amide bonds. The van der Waals surface area contributed by atoms with Gasteiger partial charge in [0.25, 0.3) is 5.91 Å². The number of hydrogen-bond acceptors (Lipinski definition) is 7. The van der Waals surface area contributed by atoms with Gasteiger partial charge < -0.3 is 19.9 Å². The van der Waals surface area contributed by atoms with E-state index in [1.54, 1.807) is 0 Å². The Balaban J connectivity index is 1.43. The van der Waals surface area contributed by atoms with E-state index < -0.39 is 6.10 Å². The zero-order chi connectivity index (χ0) is 20.2. The van der Waals surface area contributed by atoms with Crippen molar-refractivity contribution in [2.24, 2.45) is 0 Å². The SMILES string of the molecule is CN(C)c1nc(CNC(=O)[C@@H]2CCc3ccccc3O2)nc(N2CCCCC2)n1. The molecule has 0 spiro atoms. The van der Waals surface area contributed by atoms with E-state index in [1.165, 1.54) is 6.42 Å². The quantitative estimate of drug-likeness (QED) is 0.827. The van der Waals surface area contributed by atoms with E-state index >= 15 is 0 Å². The van der Waals surface area contributed by atoms with E-state index in [2.05, 4.69) is 25.2 Å². The maximum Gasteiger partial charge on any atom is 0.261 e. The highest BCUT2D eigenvalue weighted by atomic mass is 16.5. The highest BCUT2D eigenvalue weighted by Crippen LogP contribution is 2.27. The van der Waals surface area contributed by atoms with Gasteiger partial charge in [-0.05, 0) is 43.7 Å². The number of amides is 1. The fourth-order valence-corrected chi connectivity index (χ4v) is 3.70. The molecule has 29 heavy (non-hydrogen) atoms. The Morgan fingerprint density at radius 2 is 1.97 bits per heavy atom. The van der Waals surface area contributed by atoms with Crippen molar-refractivity contribution in [2.75, 3.05) is 37.0 Å². The number of ether oxygens (including phenoxy) is 1. The molecule has 8 nitrogen and oxygen atoms in total. The molecule has 8 heteroatoms. The predicted octanol–water partition coefficient (Wildman–Crippen LogP) is 1.94. The summed E-state index contributed by atoms with van der Waals surface area (Å²) in [6, 6.07) is 7.87. The lowest BCUT2D eigenvalue weighted by Crippen LogP contribution is -2.40. The molecule has 1 fully saturated rings. The minimum atomic E-state index is -0.485. The predicted molar refractivity (Wildman–Crippen MR) is 111 cm³/mol. The number of anilines is 2. The van der Waals surface area contributed by atoms with Crippen molar-refractivity contribution in [2.45, 2.75) is 44.8 Å². The molecule has 2 aliphatic heterocycles. The van der Waals surface area contributed by atoms with Crippen molar-refractivity contribution >= 4 is 17.8 Å². The van der Waals surface area contributed by atoms with Gasteiger partial charge in [-0.15, -0.1) is 0 Å². The van der Waals surface area contributed by atoms with Gasteiger partial charge >= 0.3 is 0 Å². The number of hydrogen-bond donors (Lipinski definition) is 1. The number of nitrogens with one attached hydrogen (secondary N) is 1. The fraction of sp³-hybridized carbons (Fsp3) is 0.524. The molecule has 0 unspecified atom stereocenters. The van der Waals surface area contributed by atoms with Crippen molar-refractivity contribution in [3.05, 3.63) is 35.7 Å². The van der Waals surface area contributed by atoms with Gasteiger partial charge in [-0.2, -0.15) is 15.0 Å². The van der Waals surface area contributed by atoms with Crippen LogP contribution < -0.4 is 19.9 Å². The number of rotatable bonds is 5. The van der Waals surface area contributed by atoms with Gasteiger partial charge in [-0.1, -0.05) is 18.2 Å². The molecular formula is C21H28N6O2. The standard InChI is InChI=1S/C21H28N6O2/c1-26(2)20-23-18(24-21(25-20)27-12-6-3-7-13-27)14-22-19(28)17-11-10-15-8-4-5-9-16(15)29-17/h4-5,8-9,17H,3,6-7,10-14H2,1-2H3,(H,22,28)/t17-/m0/s1. The Morgan fingerprint density at radius 3 is 2.76 bits per heavy atom. The van der Waals surface area contributed by atoms with Gasteiger partial charge in [0.15, 0.2) is 11.9 Å². The van der Waals surface area contributed by atoms with Crippen LogP contribution in [-0.4, -0.2) is 54.1 Å². The highest BCUT2D eigenvalue weighted by molar-refractivity contribution is 5.81. The van der Waals surface area contributed by atoms with E-state index in [0.717, 1.165) is 43.7 Å². The third kappa shape index (κ3) is 4.58. The van der Waals surface area contributed by atoms with Crippen molar-refractivity contribution in [1.82, 2.24) is 20.3 Å². The van der Waals surface area contributed by atoms with Gasteiger partial charge in [0, 0.05) is 27.2 Å². The Bertz CT molecular complexity index is 866. The average Bonchev–Trinajstić information content (AvgIpc) is 2.77. The largest absolute Gasteiger partial charge is 0.480 e. The van der Waals surface area contributed by atoms with E-state index in [1.807, 2.05) is 43.3 Å². The van der Waals surface area contributed by atoms with Gasteiger partial charge in [-0.3, -0.25) is 4.79 Å². The molecule has 2 aromatic rings. The van der Waals surface area contributed by atoms with Crippen molar-refractivity contribution in [3.63, 3.8) is 0 Å². The van der Waals surface area contributed by atoms with Crippen molar-refractivity contribution in [3.8, 4) is 5.75 Å². The van der Waals surface area contributed by atoms with Crippen LogP contribution in [0, 0.1) is 0 Å². The minimum absolute atomic E-state index is 0.133. The fourth-order valence-electron chi connectivity index (χ4n) is 3.70. The molecule has 0 saturated carbocycles. The van der Waals surface area contributed by atoms with Crippen LogP contribution in [0.25, 0.3) is 0 Å². The average molecular weight is 396 g/mol. The maximum atomic E-state index is 12.7. The van der Waals surface area contributed by atoms with Crippen molar-refractivity contribution < 1.29 is 9.53 Å². The van der Waals surface area contributed by atoms with E-state index in [9.17, 15) is 4.79 Å². The smallest absolute Gasteiger partial charge is 0.261 e. The summed E-state index contributed by atoms with van der Waals surface area (Å²) in [6.45, 7) is 2.17. The Labute approximate surface area is 171 Å². The van der Waals surface area contributed by atoms with Crippen LogP contribution in [0.3, 0.4) is 0 Å². The Morgan fingerprint density at radius 1 is 1.17 bits per heavy atom. The molecule has 4 rings (SSSR count). The summed E-state index contributed by atoms with van der Waals surface area (Å²) >= 11 is 0. The minimum Gasteiger partial charge on any atom is -0.480 e. The first-order chi connectivity index (χ1) is 14.1. The molecule has 0 radical (unpaired) electrons. The molecular weight excluding hydrogens is 368 g/mol. The molecule has 1 saturated heterocycles. The van der Waals surface area contributed by atoms with Crippen molar-refractivity contribution in [1.29, 1.82) is 0 Å². The zero-order valence-electron chi connectivity index (χ0n) is 17.1. The van der Waals surface area contributed by atoms with Crippen LogP contribution in [0.1, 0.15) is 37.1 Å². The molecule has 0 bridgehead atoms. The summed E-state index contributed by atoms with van der Waals surface area (Å²) in [4.78, 5) is 30.4. The monoisotopic (exact) mass is 396 g/mol. The third-order valence-electron chi connectivity index (χ3n) is 5.33. The molecule has 3 heterocycles. The molecule has 2 aliphatic rings. The first-order valence-corrected chi connectivity index (χ1v) is 10.3. The van der Waals surface area contributed by atoms with Crippen LogP contribution in [0.15, 0.2) is 24.3 Å². The van der Waals surface area contributed by atoms with Crippen LogP contribution in [0.5, 0.6) is 5.75 Å². The molecule has 1 N–H and O–H groups in total. The number of carbonyl (C=O) groups is 1. The molecule has 0 aliphatic carbocycles. The van der Waals surface area contributed by atoms with E-state index in [4.69, 9.17) is 4.74 Å². The maximum absolute atomic E-state index is 12.7. The Kier molecular flexibility index (Phi) is 5.78. The first kappa shape index (κ1) is 19.4. The van der Waals surface area contributed by atoms with Crippen LogP contribution >= 0.6 is 0 Å². The first-order valence-electron chi connectivity index (χ1n) is 10.3. The van der Waals surface area contributed by atoms with Crippen LogP contribution in [-0.2, 0) is 17.8 Å². The number of carbonyl (C=O) groups excluding carboxylic acids is 1. The number of benzene rings is 1. The van der Waals surface area contributed by atoms with E-state index in [-0.39, 0.29) is 12.5 Å². The zero-order valence-corrected chi connectivity index (χ0v) is 17.1. The molecule has 1 atom stereocenters. The lowest BCUT2D eigenvalue weighted by molar-refractivity contribution is -0.128. The lowest BCUT2D eigenvalue weighted by atomic mass is 10.0. The number of fused-ring (bicyclic) bond motifs is 1. The van der Waals surface area contributed by atoms with Crippen LogP contribution in [0.4, 0.5) is 11.9 Å². The normalized spacial score (nSPS) is 18.6. The lowest BCUT2D eigenvalue weighted by Gasteiger charge is -2.27. The summed E-state index contributed by atoms with van der Waals surface area (Å²) < 4.78 is 5.88. The second-order valence-corrected chi connectivity index (χ2v) is 7.76. The summed E-state index contributed by atoms with van der Waals surface area (Å²) in [6.07, 6.45) is 4.56. The topological polar surface area (TPSA) is 83.5 Å². The summed E-state index contributed by atoms with van der Waals surface area (Å²) in [5.74, 6) is 2.52. The van der Waals surface area contributed by atoms with E-state index in [0.29, 0.717) is 24.1 Å². The van der Waals surface area contributed by atoms with Gasteiger partial charge in [0.1, 0.15) is 5.75 Å². The molecule has 1 aromatic heterocycles. The number of aryl methyl sites for hydroxylation is 1. The summed E-state index contributed by atoms with van der Waals surface area (Å²) in [5, 5.41) is 2.94. The van der Waals surface area contributed by atoms with Gasteiger partial charge in [0.05, 0.1) is 6.54 Å². The number of aromatic nitrogens is 3. The number of para-hydroxylation sites is 1. The number of nitrogens with zero attached hydrogens (tertiary/aromatic N) is 5. The third-order valence-corrected chi connectivity index (χ3v) is 5.33. The molecule has 1 aromatic carbocycles. The summed E-state index contributed by atoms with van der Waals surface area (Å²) in [7, 11) is 3.82. The second kappa shape index (κ2) is 8.63. The Hall–Kier alpha value is -2.90. The van der Waals surface area contributed by atoms with Gasteiger partial charge in [-0.25, -0.2) is 0 Å².